The molecule has 134 valence electrons. The van der Waals surface area contributed by atoms with Gasteiger partial charge in [0.25, 0.3) is 5.91 Å². The molecule has 0 unspecified atom stereocenters. The van der Waals surface area contributed by atoms with Crippen LogP contribution in [0.1, 0.15) is 29.0 Å². The van der Waals surface area contributed by atoms with Crippen molar-refractivity contribution in [1.82, 2.24) is 20.1 Å². The lowest BCUT2D eigenvalue weighted by Gasteiger charge is -2.30. The summed E-state index contributed by atoms with van der Waals surface area (Å²) in [4.78, 5) is 29.1. The molecular formula is C14H14F3N5O3. The number of rotatable bonds is 3. The molecule has 2 aromatic rings. The summed E-state index contributed by atoms with van der Waals surface area (Å²) in [5, 5.41) is 7.33. The molecule has 1 fully saturated rings. The molecule has 0 bridgehead atoms. The van der Waals surface area contributed by atoms with Gasteiger partial charge < -0.3 is 9.32 Å². The van der Waals surface area contributed by atoms with Crippen molar-refractivity contribution in [3.63, 3.8) is 0 Å². The van der Waals surface area contributed by atoms with E-state index in [4.69, 9.17) is 4.42 Å². The van der Waals surface area contributed by atoms with E-state index in [9.17, 15) is 22.8 Å². The quantitative estimate of drug-likeness (QED) is 0.873. The molecule has 0 spiro atoms. The fraction of sp³-hybridized carbons (Fsp3) is 0.429. The average molecular weight is 357 g/mol. The highest BCUT2D eigenvalue weighted by Crippen LogP contribution is 2.26. The van der Waals surface area contributed by atoms with Crippen LogP contribution < -0.4 is 5.32 Å². The van der Waals surface area contributed by atoms with Crippen molar-refractivity contribution in [3.05, 3.63) is 30.0 Å². The smallest absolute Gasteiger partial charge is 0.451 e. The first kappa shape index (κ1) is 17.0. The Morgan fingerprint density at radius 2 is 2.04 bits per heavy atom. The molecule has 25 heavy (non-hydrogen) atoms. The number of carbonyl (C=O) groups excluding carboxylic acids is 2. The molecule has 3 rings (SSSR count). The zero-order valence-corrected chi connectivity index (χ0v) is 12.8. The maximum Gasteiger partial charge on any atom is 0.451 e. The molecule has 11 heteroatoms. The van der Waals surface area contributed by atoms with E-state index in [1.165, 1.54) is 12.5 Å². The number of alkyl halides is 3. The Morgan fingerprint density at radius 1 is 1.32 bits per heavy atom. The number of nitrogens with one attached hydrogen (secondary N) is 2. The van der Waals surface area contributed by atoms with Gasteiger partial charge in [0, 0.05) is 19.0 Å². The lowest BCUT2D eigenvalue weighted by molar-refractivity contribution is -0.144. The van der Waals surface area contributed by atoms with Crippen LogP contribution in [0.5, 0.6) is 0 Å². The van der Waals surface area contributed by atoms with Crippen LogP contribution in [0.3, 0.4) is 0 Å². The van der Waals surface area contributed by atoms with E-state index in [1.54, 1.807) is 16.1 Å². The van der Waals surface area contributed by atoms with E-state index in [-0.39, 0.29) is 5.91 Å². The Bertz CT molecular complexity index is 748. The van der Waals surface area contributed by atoms with Crippen molar-refractivity contribution in [2.75, 3.05) is 18.4 Å². The number of aromatic amines is 1. The van der Waals surface area contributed by atoms with E-state index >= 15 is 0 Å². The maximum atomic E-state index is 12.4. The van der Waals surface area contributed by atoms with Gasteiger partial charge in [-0.05, 0) is 18.9 Å². The number of hydrogen-bond acceptors (Lipinski definition) is 5. The summed E-state index contributed by atoms with van der Waals surface area (Å²) in [6.45, 7) is 0.730. The normalized spacial score (nSPS) is 16.0. The predicted molar refractivity (Wildman–Crippen MR) is 77.3 cm³/mol. The van der Waals surface area contributed by atoms with Crippen LogP contribution in [0.4, 0.5) is 19.1 Å². The first-order valence-corrected chi connectivity index (χ1v) is 7.46. The van der Waals surface area contributed by atoms with Crippen LogP contribution in [0.15, 0.2) is 23.0 Å². The van der Waals surface area contributed by atoms with Gasteiger partial charge in [-0.25, -0.2) is 0 Å². The molecule has 2 amide bonds. The van der Waals surface area contributed by atoms with Gasteiger partial charge in [-0.15, -0.1) is 5.10 Å². The summed E-state index contributed by atoms with van der Waals surface area (Å²) < 4.78 is 42.2. The van der Waals surface area contributed by atoms with Gasteiger partial charge in [0.2, 0.25) is 17.7 Å². The van der Waals surface area contributed by atoms with E-state index in [0.29, 0.717) is 31.5 Å². The molecular weight excluding hydrogens is 343 g/mol. The molecule has 1 aliphatic heterocycles. The van der Waals surface area contributed by atoms with Crippen LogP contribution in [0.25, 0.3) is 0 Å². The fourth-order valence-electron chi connectivity index (χ4n) is 2.57. The van der Waals surface area contributed by atoms with Crippen LogP contribution in [0.2, 0.25) is 0 Å². The summed E-state index contributed by atoms with van der Waals surface area (Å²) in [7, 11) is 0. The van der Waals surface area contributed by atoms with Crippen molar-refractivity contribution >= 4 is 17.8 Å². The Hall–Kier alpha value is -2.85. The summed E-state index contributed by atoms with van der Waals surface area (Å²) in [6.07, 6.45) is -1.12. The minimum Gasteiger partial charge on any atom is -0.472 e. The highest BCUT2D eigenvalue weighted by Gasteiger charge is 2.36. The molecule has 1 aliphatic rings. The molecule has 0 saturated carbocycles. The van der Waals surface area contributed by atoms with Crippen LogP contribution in [-0.4, -0.2) is 45.0 Å². The Labute approximate surface area is 139 Å². The number of halogens is 3. The topological polar surface area (TPSA) is 104 Å². The number of likely N-dealkylation sites (tertiary alicyclic amines) is 1. The molecule has 0 aliphatic carbocycles. The largest absolute Gasteiger partial charge is 0.472 e. The number of amides is 2. The second kappa shape index (κ2) is 6.57. The Balaban J connectivity index is 1.53. The SMILES string of the molecule is O=C(Nc1n[nH]c(C(F)(F)F)n1)C1CCN(C(=O)c2ccoc2)CC1. The second-order valence-electron chi connectivity index (χ2n) is 5.57. The first-order chi connectivity index (χ1) is 11.8. The lowest BCUT2D eigenvalue weighted by atomic mass is 9.95. The van der Waals surface area contributed by atoms with E-state index < -0.39 is 29.8 Å². The van der Waals surface area contributed by atoms with E-state index in [1.807, 2.05) is 0 Å². The second-order valence-corrected chi connectivity index (χ2v) is 5.57. The molecule has 3 heterocycles. The number of hydrogen-bond donors (Lipinski definition) is 2. The van der Waals surface area contributed by atoms with Gasteiger partial charge in [0.1, 0.15) is 6.26 Å². The fourth-order valence-corrected chi connectivity index (χ4v) is 2.57. The minimum atomic E-state index is -4.66. The third-order valence-corrected chi connectivity index (χ3v) is 3.91. The molecule has 0 atom stereocenters. The van der Waals surface area contributed by atoms with Gasteiger partial charge in [-0.1, -0.05) is 0 Å². The average Bonchev–Trinajstić information content (AvgIpc) is 3.25. The highest BCUT2D eigenvalue weighted by atomic mass is 19.4. The Morgan fingerprint density at radius 3 is 2.60 bits per heavy atom. The molecule has 2 N–H and O–H groups in total. The number of H-pyrrole nitrogens is 1. The van der Waals surface area contributed by atoms with E-state index in [2.05, 4.69) is 15.4 Å². The molecule has 1 saturated heterocycles. The van der Waals surface area contributed by atoms with Crippen LogP contribution >= 0.6 is 0 Å². The first-order valence-electron chi connectivity index (χ1n) is 7.46. The van der Waals surface area contributed by atoms with Crippen molar-refractivity contribution in [3.8, 4) is 0 Å². The Kier molecular flexibility index (Phi) is 4.47. The van der Waals surface area contributed by atoms with Crippen molar-refractivity contribution < 1.29 is 27.2 Å². The number of carbonyl (C=O) groups is 2. The van der Waals surface area contributed by atoms with Crippen molar-refractivity contribution in [1.29, 1.82) is 0 Å². The number of piperidine rings is 1. The molecule has 8 nitrogen and oxygen atoms in total. The summed E-state index contributed by atoms with van der Waals surface area (Å²) >= 11 is 0. The van der Waals surface area contributed by atoms with Crippen molar-refractivity contribution in [2.45, 2.75) is 19.0 Å². The predicted octanol–water partition coefficient (Wildman–Crippen LogP) is 1.91. The van der Waals surface area contributed by atoms with Gasteiger partial charge in [-0.2, -0.15) is 18.2 Å². The molecule has 2 aromatic heterocycles. The van der Waals surface area contributed by atoms with E-state index in [0.717, 1.165) is 0 Å². The van der Waals surface area contributed by atoms with Crippen LogP contribution in [-0.2, 0) is 11.0 Å². The minimum absolute atomic E-state index is 0.184. The number of anilines is 1. The lowest BCUT2D eigenvalue weighted by Crippen LogP contribution is -2.41. The monoisotopic (exact) mass is 357 g/mol. The van der Waals surface area contributed by atoms with Gasteiger partial charge in [-0.3, -0.25) is 20.0 Å². The molecule has 0 aromatic carbocycles. The summed E-state index contributed by atoms with van der Waals surface area (Å²) in [5.74, 6) is -2.78. The molecule has 0 radical (unpaired) electrons. The zero-order valence-electron chi connectivity index (χ0n) is 12.8. The number of nitrogens with zero attached hydrogens (tertiary/aromatic N) is 3. The zero-order chi connectivity index (χ0) is 18.0. The van der Waals surface area contributed by atoms with Gasteiger partial charge in [0.05, 0.1) is 11.8 Å². The maximum absolute atomic E-state index is 12.4. The standard InChI is InChI=1S/C14H14F3N5O3/c15-14(16,17)12-19-13(21-20-12)18-10(23)8-1-4-22(5-2-8)11(24)9-3-6-25-7-9/h3,6-8H,1-2,4-5H2,(H2,18,19,20,21,23). The number of furan rings is 1. The number of aromatic nitrogens is 3. The van der Waals surface area contributed by atoms with Gasteiger partial charge >= 0.3 is 6.18 Å². The third-order valence-electron chi connectivity index (χ3n) is 3.91. The summed E-state index contributed by atoms with van der Waals surface area (Å²) in [6, 6.07) is 1.56. The van der Waals surface area contributed by atoms with Crippen molar-refractivity contribution in [2.24, 2.45) is 5.92 Å². The third kappa shape index (κ3) is 3.80. The highest BCUT2D eigenvalue weighted by molar-refractivity contribution is 5.94. The van der Waals surface area contributed by atoms with Gasteiger partial charge in [0.15, 0.2) is 0 Å². The van der Waals surface area contributed by atoms with Crippen LogP contribution in [0, 0.1) is 5.92 Å². The summed E-state index contributed by atoms with van der Waals surface area (Å²) in [5.41, 5.74) is 0.434.